The molecule has 2 heterocycles. The summed E-state index contributed by atoms with van der Waals surface area (Å²) < 4.78 is 7.39. The fourth-order valence-electron chi connectivity index (χ4n) is 2.60. The van der Waals surface area contributed by atoms with Gasteiger partial charge in [0, 0.05) is 45.0 Å². The maximum Gasteiger partial charge on any atom is 0.410 e. The first-order valence-corrected chi connectivity index (χ1v) is 7.46. The van der Waals surface area contributed by atoms with Gasteiger partial charge >= 0.3 is 6.09 Å². The summed E-state index contributed by atoms with van der Waals surface area (Å²) in [4.78, 5) is 18.1. The number of hydrogen-bond donors (Lipinski definition) is 1. The van der Waals surface area contributed by atoms with Crippen molar-refractivity contribution in [1.29, 1.82) is 0 Å². The number of aryl methyl sites for hydroxylation is 1. The average molecular weight is 294 g/mol. The molecule has 2 rings (SSSR count). The highest BCUT2D eigenvalue weighted by atomic mass is 16.6. The number of aromatic nitrogens is 2. The van der Waals surface area contributed by atoms with Crippen LogP contribution in [0.1, 0.15) is 33.0 Å². The molecule has 6 nitrogen and oxygen atoms in total. The Morgan fingerprint density at radius 1 is 1.57 bits per heavy atom. The molecule has 0 spiro atoms. The van der Waals surface area contributed by atoms with E-state index in [1.165, 1.54) is 0 Å². The Kier molecular flexibility index (Phi) is 4.56. The molecule has 2 atom stereocenters. The third kappa shape index (κ3) is 4.20. The molecule has 21 heavy (non-hydrogen) atoms. The standard InChI is InChI=1S/C15H26N4O2/c1-15(2,3)21-14(20)19-7-5-11(10-19)12(16)9-13-17-6-8-18(13)4/h6,8,11-12H,5,7,9-10,16H2,1-4H3. The summed E-state index contributed by atoms with van der Waals surface area (Å²) >= 11 is 0. The highest BCUT2D eigenvalue weighted by Gasteiger charge is 2.33. The zero-order valence-corrected chi connectivity index (χ0v) is 13.4. The van der Waals surface area contributed by atoms with Gasteiger partial charge in [-0.1, -0.05) is 0 Å². The molecule has 1 amide bonds. The lowest BCUT2D eigenvalue weighted by Gasteiger charge is -2.25. The second-order valence-corrected chi connectivity index (χ2v) is 6.80. The Hall–Kier alpha value is -1.56. The van der Waals surface area contributed by atoms with E-state index in [0.717, 1.165) is 18.7 Å². The minimum atomic E-state index is -0.454. The summed E-state index contributed by atoms with van der Waals surface area (Å²) in [5.74, 6) is 1.28. The molecule has 1 aromatic rings. The smallest absolute Gasteiger partial charge is 0.410 e. The lowest BCUT2D eigenvalue weighted by atomic mass is 9.97. The number of likely N-dealkylation sites (tertiary alicyclic amines) is 1. The first-order chi connectivity index (χ1) is 9.76. The lowest BCUT2D eigenvalue weighted by Crippen LogP contribution is -2.38. The van der Waals surface area contributed by atoms with Crippen LogP contribution >= 0.6 is 0 Å². The van der Waals surface area contributed by atoms with Crippen LogP contribution in [0.5, 0.6) is 0 Å². The molecular formula is C15H26N4O2. The number of carbonyl (C=O) groups excluding carboxylic acids is 1. The van der Waals surface area contributed by atoms with Crippen LogP contribution in [0.3, 0.4) is 0 Å². The fraction of sp³-hybridized carbons (Fsp3) is 0.733. The number of ether oxygens (including phenoxy) is 1. The van der Waals surface area contributed by atoms with Crippen molar-refractivity contribution in [1.82, 2.24) is 14.5 Å². The SMILES string of the molecule is Cn1ccnc1CC(N)C1CCN(C(=O)OC(C)(C)C)C1. The molecule has 0 aromatic carbocycles. The maximum absolute atomic E-state index is 12.0. The molecule has 2 N–H and O–H groups in total. The lowest BCUT2D eigenvalue weighted by molar-refractivity contribution is 0.0286. The summed E-state index contributed by atoms with van der Waals surface area (Å²) in [6.07, 6.45) is 5.11. The van der Waals surface area contributed by atoms with Crippen molar-refractivity contribution in [3.8, 4) is 0 Å². The van der Waals surface area contributed by atoms with Crippen LogP contribution in [-0.2, 0) is 18.2 Å². The van der Waals surface area contributed by atoms with Crippen molar-refractivity contribution in [2.24, 2.45) is 18.7 Å². The molecule has 1 aliphatic heterocycles. The summed E-state index contributed by atoms with van der Waals surface area (Å²) in [6.45, 7) is 7.02. The molecule has 1 aliphatic rings. The maximum atomic E-state index is 12.0. The second kappa shape index (κ2) is 6.05. The molecule has 0 aliphatic carbocycles. The first-order valence-electron chi connectivity index (χ1n) is 7.46. The fourth-order valence-corrected chi connectivity index (χ4v) is 2.60. The van der Waals surface area contributed by atoms with E-state index < -0.39 is 5.60 Å². The van der Waals surface area contributed by atoms with Crippen LogP contribution in [0.25, 0.3) is 0 Å². The minimum Gasteiger partial charge on any atom is -0.444 e. The Morgan fingerprint density at radius 2 is 2.29 bits per heavy atom. The highest BCUT2D eigenvalue weighted by molar-refractivity contribution is 5.68. The van der Waals surface area contributed by atoms with E-state index in [4.69, 9.17) is 10.5 Å². The topological polar surface area (TPSA) is 73.4 Å². The molecule has 118 valence electrons. The molecule has 2 unspecified atom stereocenters. The van der Waals surface area contributed by atoms with E-state index in [2.05, 4.69) is 4.98 Å². The summed E-state index contributed by atoms with van der Waals surface area (Å²) in [5.41, 5.74) is 5.84. The van der Waals surface area contributed by atoms with E-state index in [-0.39, 0.29) is 12.1 Å². The van der Waals surface area contributed by atoms with E-state index in [1.807, 2.05) is 38.6 Å². The van der Waals surface area contributed by atoms with Crippen molar-refractivity contribution < 1.29 is 9.53 Å². The van der Waals surface area contributed by atoms with Crippen LogP contribution in [-0.4, -0.2) is 45.3 Å². The van der Waals surface area contributed by atoms with Gasteiger partial charge in [-0.05, 0) is 33.1 Å². The average Bonchev–Trinajstić information content (AvgIpc) is 2.97. The van der Waals surface area contributed by atoms with Gasteiger partial charge in [0.1, 0.15) is 11.4 Å². The molecular weight excluding hydrogens is 268 g/mol. The monoisotopic (exact) mass is 294 g/mol. The molecule has 1 saturated heterocycles. The van der Waals surface area contributed by atoms with Crippen LogP contribution < -0.4 is 5.73 Å². The zero-order valence-electron chi connectivity index (χ0n) is 13.4. The van der Waals surface area contributed by atoms with Gasteiger partial charge in [-0.3, -0.25) is 0 Å². The first kappa shape index (κ1) is 15.8. The van der Waals surface area contributed by atoms with Gasteiger partial charge < -0.3 is 19.9 Å². The van der Waals surface area contributed by atoms with E-state index >= 15 is 0 Å². The summed E-state index contributed by atoms with van der Waals surface area (Å²) in [7, 11) is 1.97. The molecule has 1 fully saturated rings. The number of hydrogen-bond acceptors (Lipinski definition) is 4. The molecule has 0 saturated carbocycles. The van der Waals surface area contributed by atoms with Gasteiger partial charge in [0.15, 0.2) is 0 Å². The number of imidazole rings is 1. The van der Waals surface area contributed by atoms with E-state index in [1.54, 1.807) is 11.1 Å². The van der Waals surface area contributed by atoms with Gasteiger partial charge in [-0.25, -0.2) is 9.78 Å². The van der Waals surface area contributed by atoms with Gasteiger partial charge in [0.05, 0.1) is 0 Å². The van der Waals surface area contributed by atoms with Crippen LogP contribution in [0.4, 0.5) is 4.79 Å². The Bertz CT molecular complexity index is 492. The Morgan fingerprint density at radius 3 is 2.86 bits per heavy atom. The van der Waals surface area contributed by atoms with Gasteiger partial charge in [0.25, 0.3) is 0 Å². The Balaban J connectivity index is 1.87. The largest absolute Gasteiger partial charge is 0.444 e. The third-order valence-electron chi connectivity index (χ3n) is 3.82. The number of nitrogens with zero attached hydrogens (tertiary/aromatic N) is 3. The van der Waals surface area contributed by atoms with Crippen LogP contribution in [0.2, 0.25) is 0 Å². The molecule has 1 aromatic heterocycles. The van der Waals surface area contributed by atoms with Gasteiger partial charge in [0.2, 0.25) is 0 Å². The minimum absolute atomic E-state index is 0.0125. The van der Waals surface area contributed by atoms with Crippen molar-refractivity contribution in [2.45, 2.75) is 45.3 Å². The Labute approximate surface area is 126 Å². The number of nitrogens with two attached hydrogens (primary N) is 1. The highest BCUT2D eigenvalue weighted by Crippen LogP contribution is 2.22. The molecule has 0 bridgehead atoms. The van der Waals surface area contributed by atoms with Crippen molar-refractivity contribution >= 4 is 6.09 Å². The summed E-state index contributed by atoms with van der Waals surface area (Å²) in [5, 5.41) is 0. The van der Waals surface area contributed by atoms with Crippen LogP contribution in [0.15, 0.2) is 12.4 Å². The summed E-state index contributed by atoms with van der Waals surface area (Å²) in [6, 6.07) is 0.0125. The second-order valence-electron chi connectivity index (χ2n) is 6.80. The predicted molar refractivity (Wildman–Crippen MR) is 80.8 cm³/mol. The van der Waals surface area contributed by atoms with E-state index in [9.17, 15) is 4.79 Å². The van der Waals surface area contributed by atoms with Crippen molar-refractivity contribution in [3.63, 3.8) is 0 Å². The van der Waals surface area contributed by atoms with Gasteiger partial charge in [-0.2, -0.15) is 0 Å². The van der Waals surface area contributed by atoms with Crippen LogP contribution in [0, 0.1) is 5.92 Å². The quantitative estimate of drug-likeness (QED) is 0.918. The number of carbonyl (C=O) groups is 1. The molecule has 0 radical (unpaired) electrons. The number of amides is 1. The van der Waals surface area contributed by atoms with E-state index in [0.29, 0.717) is 19.0 Å². The van der Waals surface area contributed by atoms with Gasteiger partial charge in [-0.15, -0.1) is 0 Å². The van der Waals surface area contributed by atoms with Crippen molar-refractivity contribution in [2.75, 3.05) is 13.1 Å². The zero-order chi connectivity index (χ0) is 15.6. The third-order valence-corrected chi connectivity index (χ3v) is 3.82. The predicted octanol–water partition coefficient (Wildman–Crippen LogP) is 1.55. The normalized spacial score (nSPS) is 20.6. The number of rotatable bonds is 3. The molecule has 6 heteroatoms. The van der Waals surface area contributed by atoms with Crippen molar-refractivity contribution in [3.05, 3.63) is 18.2 Å².